The van der Waals surface area contributed by atoms with Crippen LogP contribution in [0.15, 0.2) is 15.4 Å². The first kappa shape index (κ1) is 11.7. The minimum atomic E-state index is -0.631. The standard InChI is InChI=1S/C11H13N5O3/c1-16(5-8-14-15-11(18)19-8)10(17)7-4-12-9(13-7)6-2-3-6/h4,6H,2-3,5H2,1H3,(H,12,13)(H,15,18). The van der Waals surface area contributed by atoms with Crippen molar-refractivity contribution in [1.29, 1.82) is 0 Å². The average Bonchev–Trinajstić information content (AvgIpc) is 2.98. The third-order valence-electron chi connectivity index (χ3n) is 2.99. The number of imidazole rings is 1. The molecule has 8 nitrogen and oxygen atoms in total. The molecule has 1 saturated carbocycles. The molecule has 0 unspecified atom stereocenters. The van der Waals surface area contributed by atoms with Crippen LogP contribution in [0.4, 0.5) is 0 Å². The molecule has 1 fully saturated rings. The molecule has 2 aromatic rings. The Morgan fingerprint density at radius 1 is 1.58 bits per heavy atom. The largest absolute Gasteiger partial charge is 0.434 e. The maximum absolute atomic E-state index is 12.1. The highest BCUT2D eigenvalue weighted by molar-refractivity contribution is 5.91. The molecular weight excluding hydrogens is 250 g/mol. The normalized spacial score (nSPS) is 14.6. The summed E-state index contributed by atoms with van der Waals surface area (Å²) in [7, 11) is 1.61. The Morgan fingerprint density at radius 2 is 2.37 bits per heavy atom. The number of carbonyl (C=O) groups is 1. The van der Waals surface area contributed by atoms with Crippen LogP contribution >= 0.6 is 0 Å². The lowest BCUT2D eigenvalue weighted by molar-refractivity contribution is 0.0767. The zero-order chi connectivity index (χ0) is 13.4. The second kappa shape index (κ2) is 4.38. The molecule has 0 atom stereocenters. The summed E-state index contributed by atoms with van der Waals surface area (Å²) < 4.78 is 4.75. The Kier molecular flexibility index (Phi) is 2.69. The van der Waals surface area contributed by atoms with Crippen molar-refractivity contribution in [2.45, 2.75) is 25.3 Å². The number of nitrogens with one attached hydrogen (secondary N) is 2. The van der Waals surface area contributed by atoms with Gasteiger partial charge in [0, 0.05) is 13.0 Å². The van der Waals surface area contributed by atoms with E-state index in [1.807, 2.05) is 0 Å². The van der Waals surface area contributed by atoms with Gasteiger partial charge in [0.05, 0.1) is 12.7 Å². The Balaban J connectivity index is 1.69. The van der Waals surface area contributed by atoms with E-state index >= 15 is 0 Å². The summed E-state index contributed by atoms with van der Waals surface area (Å²) in [6.45, 7) is 0.120. The number of rotatable bonds is 4. The number of nitrogens with zero attached hydrogens (tertiary/aromatic N) is 3. The first-order valence-corrected chi connectivity index (χ1v) is 5.98. The predicted molar refractivity (Wildman–Crippen MR) is 63.5 cm³/mol. The fraction of sp³-hybridized carbons (Fsp3) is 0.455. The Morgan fingerprint density at radius 3 is 3.00 bits per heavy atom. The molecule has 2 heterocycles. The summed E-state index contributed by atoms with van der Waals surface area (Å²) in [5.74, 6) is 0.653. The van der Waals surface area contributed by atoms with E-state index in [1.165, 1.54) is 11.1 Å². The fourth-order valence-corrected chi connectivity index (χ4v) is 1.82. The number of hydrogen-bond donors (Lipinski definition) is 2. The first-order chi connectivity index (χ1) is 9.13. The van der Waals surface area contributed by atoms with Crippen LogP contribution in [0.2, 0.25) is 0 Å². The highest BCUT2D eigenvalue weighted by Crippen LogP contribution is 2.38. The Hall–Kier alpha value is -2.38. The van der Waals surface area contributed by atoms with Gasteiger partial charge in [-0.1, -0.05) is 0 Å². The van der Waals surface area contributed by atoms with Crippen molar-refractivity contribution < 1.29 is 9.21 Å². The molecule has 1 aliphatic carbocycles. The lowest BCUT2D eigenvalue weighted by Crippen LogP contribution is -2.26. The summed E-state index contributed by atoms with van der Waals surface area (Å²) in [5, 5.41) is 5.80. The molecule has 2 aromatic heterocycles. The first-order valence-electron chi connectivity index (χ1n) is 5.98. The van der Waals surface area contributed by atoms with E-state index in [1.54, 1.807) is 7.05 Å². The van der Waals surface area contributed by atoms with Crippen LogP contribution < -0.4 is 5.76 Å². The van der Waals surface area contributed by atoms with Crippen molar-refractivity contribution in [2.24, 2.45) is 0 Å². The molecule has 0 radical (unpaired) electrons. The molecule has 1 amide bonds. The molecule has 1 aliphatic rings. The maximum Gasteiger partial charge on any atom is 0.434 e. The van der Waals surface area contributed by atoms with Crippen molar-refractivity contribution in [1.82, 2.24) is 25.1 Å². The van der Waals surface area contributed by atoms with Crippen LogP contribution in [0.25, 0.3) is 0 Å². The fourth-order valence-electron chi connectivity index (χ4n) is 1.82. The zero-order valence-corrected chi connectivity index (χ0v) is 10.3. The zero-order valence-electron chi connectivity index (χ0n) is 10.3. The van der Waals surface area contributed by atoms with Gasteiger partial charge in [-0.2, -0.15) is 0 Å². The molecule has 0 aromatic carbocycles. The van der Waals surface area contributed by atoms with E-state index in [2.05, 4.69) is 20.2 Å². The minimum Gasteiger partial charge on any atom is -0.391 e. The van der Waals surface area contributed by atoms with Crippen molar-refractivity contribution >= 4 is 5.91 Å². The van der Waals surface area contributed by atoms with Gasteiger partial charge < -0.3 is 14.3 Å². The topological polar surface area (TPSA) is 108 Å². The average molecular weight is 263 g/mol. The smallest absolute Gasteiger partial charge is 0.391 e. The van der Waals surface area contributed by atoms with E-state index in [-0.39, 0.29) is 18.3 Å². The van der Waals surface area contributed by atoms with Crippen LogP contribution in [-0.4, -0.2) is 38.0 Å². The Labute approximate surface area is 107 Å². The number of aromatic amines is 2. The number of carbonyl (C=O) groups excluding carboxylic acids is 1. The van der Waals surface area contributed by atoms with Gasteiger partial charge in [-0.25, -0.2) is 14.9 Å². The van der Waals surface area contributed by atoms with Crippen molar-refractivity contribution in [3.8, 4) is 0 Å². The third kappa shape index (κ3) is 2.42. The molecular formula is C11H13N5O3. The lowest BCUT2D eigenvalue weighted by atomic mass is 10.4. The maximum atomic E-state index is 12.1. The van der Waals surface area contributed by atoms with Crippen LogP contribution in [0.3, 0.4) is 0 Å². The molecule has 19 heavy (non-hydrogen) atoms. The molecule has 100 valence electrons. The highest BCUT2D eigenvalue weighted by atomic mass is 16.4. The summed E-state index contributed by atoms with van der Waals surface area (Å²) in [6.07, 6.45) is 3.78. The number of amides is 1. The van der Waals surface area contributed by atoms with E-state index < -0.39 is 5.76 Å². The molecule has 0 saturated heterocycles. The number of hydrogen-bond acceptors (Lipinski definition) is 5. The minimum absolute atomic E-state index is 0.120. The molecule has 0 bridgehead atoms. The molecule has 2 N–H and O–H groups in total. The van der Waals surface area contributed by atoms with Crippen LogP contribution in [0, 0.1) is 0 Å². The quantitative estimate of drug-likeness (QED) is 0.821. The molecule has 8 heteroatoms. The monoisotopic (exact) mass is 263 g/mol. The second-order valence-electron chi connectivity index (χ2n) is 4.62. The van der Waals surface area contributed by atoms with E-state index in [9.17, 15) is 9.59 Å². The summed E-state index contributed by atoms with van der Waals surface area (Å²) in [4.78, 5) is 31.5. The summed E-state index contributed by atoms with van der Waals surface area (Å²) >= 11 is 0. The van der Waals surface area contributed by atoms with Gasteiger partial charge >= 0.3 is 5.76 Å². The van der Waals surface area contributed by atoms with Crippen molar-refractivity contribution in [3.63, 3.8) is 0 Å². The second-order valence-corrected chi connectivity index (χ2v) is 4.62. The van der Waals surface area contributed by atoms with Gasteiger partial charge in [0.1, 0.15) is 11.5 Å². The van der Waals surface area contributed by atoms with Crippen LogP contribution in [0.1, 0.15) is 41.0 Å². The Bertz CT molecular complexity index is 651. The van der Waals surface area contributed by atoms with Gasteiger partial charge in [0.2, 0.25) is 5.89 Å². The molecule has 0 aliphatic heterocycles. The van der Waals surface area contributed by atoms with Crippen molar-refractivity contribution in [3.05, 3.63) is 34.2 Å². The van der Waals surface area contributed by atoms with Gasteiger partial charge in [-0.3, -0.25) is 4.79 Å². The van der Waals surface area contributed by atoms with Gasteiger partial charge in [-0.05, 0) is 12.8 Å². The van der Waals surface area contributed by atoms with Gasteiger partial charge in [-0.15, -0.1) is 5.10 Å². The van der Waals surface area contributed by atoms with Gasteiger partial charge in [0.25, 0.3) is 5.91 Å². The number of aromatic nitrogens is 4. The van der Waals surface area contributed by atoms with Crippen LogP contribution in [0.5, 0.6) is 0 Å². The number of H-pyrrole nitrogens is 2. The van der Waals surface area contributed by atoms with Crippen molar-refractivity contribution in [2.75, 3.05) is 7.05 Å². The van der Waals surface area contributed by atoms with Crippen LogP contribution in [-0.2, 0) is 6.54 Å². The highest BCUT2D eigenvalue weighted by Gasteiger charge is 2.27. The predicted octanol–water partition coefficient (Wildman–Crippen LogP) is 0.236. The van der Waals surface area contributed by atoms with E-state index in [0.717, 1.165) is 18.7 Å². The summed E-state index contributed by atoms with van der Waals surface area (Å²) in [5.41, 5.74) is 0.433. The molecule has 0 spiro atoms. The van der Waals surface area contributed by atoms with E-state index in [0.29, 0.717) is 11.6 Å². The third-order valence-corrected chi connectivity index (χ3v) is 2.99. The lowest BCUT2D eigenvalue weighted by Gasteiger charge is -2.13. The SMILES string of the molecule is CN(Cc1n[nH]c(=O)o1)C(=O)c1cnc(C2CC2)[nH]1. The van der Waals surface area contributed by atoms with Gasteiger partial charge in [0.15, 0.2) is 0 Å². The molecule has 3 rings (SSSR count). The van der Waals surface area contributed by atoms with E-state index in [4.69, 9.17) is 4.42 Å². The summed E-state index contributed by atoms with van der Waals surface area (Å²) in [6, 6.07) is 0.